The number of hydrazine groups is 1. The fraction of sp³-hybridized carbons (Fsp3) is 0.438. The van der Waals surface area contributed by atoms with Crippen LogP contribution < -0.4 is 16.7 Å². The van der Waals surface area contributed by atoms with Gasteiger partial charge in [0.2, 0.25) is 5.17 Å². The Bertz CT molecular complexity index is 612. The van der Waals surface area contributed by atoms with Gasteiger partial charge >= 0.3 is 5.97 Å². The van der Waals surface area contributed by atoms with Crippen LogP contribution in [0.25, 0.3) is 0 Å². The third-order valence-corrected chi connectivity index (χ3v) is 5.10. The fourth-order valence-electron chi connectivity index (χ4n) is 2.72. The molecule has 1 saturated carbocycles. The molecule has 7 nitrogen and oxygen atoms in total. The number of carbonyl (C=O) groups excluding carboxylic acids is 1. The van der Waals surface area contributed by atoms with Crippen LogP contribution in [-0.2, 0) is 4.79 Å². The normalized spacial score (nSPS) is 16.0. The van der Waals surface area contributed by atoms with Crippen LogP contribution in [0.2, 0.25) is 0 Å². The van der Waals surface area contributed by atoms with Gasteiger partial charge in [-0.1, -0.05) is 31.0 Å². The van der Waals surface area contributed by atoms with E-state index in [1.807, 2.05) is 0 Å². The Balaban J connectivity index is 1.94. The first kappa shape index (κ1) is 18.3. The summed E-state index contributed by atoms with van der Waals surface area (Å²) in [6.45, 7) is 0. The number of ketones is 1. The Morgan fingerprint density at radius 3 is 2.38 bits per heavy atom. The molecule has 1 aliphatic rings. The van der Waals surface area contributed by atoms with Gasteiger partial charge in [-0.25, -0.2) is 10.6 Å². The molecule has 0 heterocycles. The highest BCUT2D eigenvalue weighted by molar-refractivity contribution is 8.14. The third kappa shape index (κ3) is 4.72. The van der Waals surface area contributed by atoms with E-state index in [0.29, 0.717) is 10.9 Å². The van der Waals surface area contributed by atoms with E-state index in [4.69, 9.17) is 16.8 Å². The molecule has 5 N–H and O–H groups in total. The summed E-state index contributed by atoms with van der Waals surface area (Å²) in [7, 11) is 0. The summed E-state index contributed by atoms with van der Waals surface area (Å²) >= 11 is 1.20. The highest BCUT2D eigenvalue weighted by atomic mass is 32.2. The Labute approximate surface area is 145 Å². The van der Waals surface area contributed by atoms with Gasteiger partial charge in [0, 0.05) is 5.92 Å². The average molecular weight is 350 g/mol. The van der Waals surface area contributed by atoms with Gasteiger partial charge in [-0.15, -0.1) is 0 Å². The molecule has 8 heteroatoms. The highest BCUT2D eigenvalue weighted by Gasteiger charge is 2.22. The van der Waals surface area contributed by atoms with Crippen molar-refractivity contribution in [1.82, 2.24) is 0 Å². The molecule has 1 aromatic carbocycles. The molecule has 0 saturated heterocycles. The van der Waals surface area contributed by atoms with E-state index < -0.39 is 5.97 Å². The molecule has 1 aliphatic carbocycles. The molecule has 0 bridgehead atoms. The zero-order chi connectivity index (χ0) is 17.5. The van der Waals surface area contributed by atoms with Crippen LogP contribution in [0.4, 0.5) is 5.69 Å². The van der Waals surface area contributed by atoms with Crippen molar-refractivity contribution in [3.63, 3.8) is 0 Å². The molecule has 1 aromatic rings. The number of rotatable bonds is 5. The number of hydrogen-bond donors (Lipinski definition) is 3. The first-order valence-electron chi connectivity index (χ1n) is 7.84. The lowest BCUT2D eigenvalue weighted by Gasteiger charge is -2.22. The van der Waals surface area contributed by atoms with Crippen molar-refractivity contribution in [1.29, 1.82) is 0 Å². The van der Waals surface area contributed by atoms with Crippen molar-refractivity contribution in [3.05, 3.63) is 29.8 Å². The molecule has 0 radical (unpaired) electrons. The van der Waals surface area contributed by atoms with Crippen LogP contribution >= 0.6 is 11.8 Å². The van der Waals surface area contributed by atoms with E-state index in [2.05, 4.69) is 5.10 Å². The number of hydrogen-bond acceptors (Lipinski definition) is 6. The molecule has 0 amide bonds. The number of benzene rings is 1. The number of hydrazone groups is 1. The predicted octanol–water partition coefficient (Wildman–Crippen LogP) is 2.18. The topological polar surface area (TPSA) is 122 Å². The Kier molecular flexibility index (Phi) is 6.62. The number of amidine groups is 1. The minimum atomic E-state index is -1.01. The number of carbonyl (C=O) groups is 2. The zero-order valence-electron chi connectivity index (χ0n) is 13.4. The lowest BCUT2D eigenvalue weighted by Crippen LogP contribution is -2.37. The van der Waals surface area contributed by atoms with Crippen LogP contribution in [0.5, 0.6) is 0 Å². The van der Waals surface area contributed by atoms with E-state index in [-0.39, 0.29) is 23.0 Å². The minimum Gasteiger partial charge on any atom is -0.478 e. The second kappa shape index (κ2) is 8.70. The smallest absolute Gasteiger partial charge is 0.335 e. The maximum Gasteiger partial charge on any atom is 0.335 e. The van der Waals surface area contributed by atoms with Gasteiger partial charge in [0.1, 0.15) is 5.78 Å². The van der Waals surface area contributed by atoms with E-state index in [0.717, 1.165) is 25.7 Å². The van der Waals surface area contributed by atoms with Crippen molar-refractivity contribution >= 4 is 34.4 Å². The van der Waals surface area contributed by atoms with Gasteiger partial charge in [-0.05, 0) is 37.1 Å². The monoisotopic (exact) mass is 350 g/mol. The average Bonchev–Trinajstić information content (AvgIpc) is 2.62. The number of carboxylic acid groups (broad SMARTS) is 1. The van der Waals surface area contributed by atoms with Gasteiger partial charge < -0.3 is 10.9 Å². The fourth-order valence-corrected chi connectivity index (χ4v) is 3.55. The largest absolute Gasteiger partial charge is 0.478 e. The van der Waals surface area contributed by atoms with E-state index in [1.165, 1.54) is 35.3 Å². The Hall–Kier alpha value is -2.06. The first-order valence-corrected chi connectivity index (χ1v) is 8.83. The second-order valence-electron chi connectivity index (χ2n) is 5.72. The predicted molar refractivity (Wildman–Crippen MR) is 95.7 cm³/mol. The van der Waals surface area contributed by atoms with Gasteiger partial charge in [0.05, 0.1) is 17.0 Å². The molecule has 0 atom stereocenters. The third-order valence-electron chi connectivity index (χ3n) is 4.11. The number of anilines is 1. The first-order chi connectivity index (χ1) is 11.5. The van der Waals surface area contributed by atoms with E-state index in [1.54, 1.807) is 12.1 Å². The minimum absolute atomic E-state index is 0.131. The molecule has 130 valence electrons. The van der Waals surface area contributed by atoms with Gasteiger partial charge in [-0.3, -0.25) is 9.80 Å². The van der Waals surface area contributed by atoms with Crippen molar-refractivity contribution in [3.8, 4) is 0 Å². The highest BCUT2D eigenvalue weighted by Crippen LogP contribution is 2.26. The summed E-state index contributed by atoms with van der Waals surface area (Å²) in [6, 6.07) is 6.03. The van der Waals surface area contributed by atoms with E-state index >= 15 is 0 Å². The number of nitrogens with two attached hydrogens (primary N) is 2. The zero-order valence-corrected chi connectivity index (χ0v) is 14.2. The molecule has 0 unspecified atom stereocenters. The SMILES string of the molecule is N/N=C(/SCC(=O)C1CCCCC1)N(N)c1ccc(C(=O)O)cc1. The second-order valence-corrected chi connectivity index (χ2v) is 6.67. The quantitative estimate of drug-likeness (QED) is 0.322. The van der Waals surface area contributed by atoms with Crippen molar-refractivity contribution in [2.75, 3.05) is 10.8 Å². The molecular formula is C16H22N4O3S. The van der Waals surface area contributed by atoms with Crippen LogP contribution in [0.15, 0.2) is 29.4 Å². The van der Waals surface area contributed by atoms with Crippen molar-refractivity contribution in [2.45, 2.75) is 32.1 Å². The van der Waals surface area contributed by atoms with Crippen LogP contribution in [0, 0.1) is 5.92 Å². The molecule has 0 aromatic heterocycles. The maximum absolute atomic E-state index is 12.3. The van der Waals surface area contributed by atoms with Crippen molar-refractivity contribution in [2.24, 2.45) is 22.7 Å². The Morgan fingerprint density at radius 2 is 1.83 bits per heavy atom. The number of thioether (sulfide) groups is 1. The summed E-state index contributed by atoms with van der Waals surface area (Å²) in [6.07, 6.45) is 5.33. The lowest BCUT2D eigenvalue weighted by atomic mass is 9.87. The van der Waals surface area contributed by atoms with Crippen molar-refractivity contribution < 1.29 is 14.7 Å². The Morgan fingerprint density at radius 1 is 1.21 bits per heavy atom. The van der Waals surface area contributed by atoms with Gasteiger partial charge in [0.15, 0.2) is 0 Å². The van der Waals surface area contributed by atoms with E-state index in [9.17, 15) is 9.59 Å². The molecule has 0 spiro atoms. The molecule has 24 heavy (non-hydrogen) atoms. The number of aromatic carboxylic acids is 1. The summed E-state index contributed by atoms with van der Waals surface area (Å²) in [4.78, 5) is 23.1. The summed E-state index contributed by atoms with van der Waals surface area (Å²) < 4.78 is 0. The van der Waals surface area contributed by atoms with Gasteiger partial charge in [-0.2, -0.15) is 5.10 Å². The number of carboxylic acids is 1. The number of Topliss-reactive ketones (excluding diaryl/α,β-unsaturated/α-hetero) is 1. The molecule has 0 aliphatic heterocycles. The number of nitrogens with zero attached hydrogens (tertiary/aromatic N) is 2. The van der Waals surface area contributed by atoms with Gasteiger partial charge in [0.25, 0.3) is 0 Å². The maximum atomic E-state index is 12.3. The van der Waals surface area contributed by atoms with Crippen LogP contribution in [-0.4, -0.2) is 27.8 Å². The molecular weight excluding hydrogens is 328 g/mol. The standard InChI is InChI=1S/C16H22N4O3S/c17-19-16(24-10-14(21)11-4-2-1-3-5-11)20(18)13-8-6-12(7-9-13)15(22)23/h6-9,11H,1-5,10,17-18H2,(H,22,23)/b19-16+. The van der Waals surface area contributed by atoms with Crippen LogP contribution in [0.1, 0.15) is 42.5 Å². The molecule has 1 fully saturated rings. The lowest BCUT2D eigenvalue weighted by molar-refractivity contribution is -0.121. The van der Waals surface area contributed by atoms with Crippen LogP contribution in [0.3, 0.4) is 0 Å². The summed E-state index contributed by atoms with van der Waals surface area (Å²) in [5, 5.41) is 14.1. The summed E-state index contributed by atoms with van der Waals surface area (Å²) in [5.41, 5.74) is 0.709. The summed E-state index contributed by atoms with van der Waals surface area (Å²) in [5.74, 6) is 11.0. The molecule has 2 rings (SSSR count).